The lowest BCUT2D eigenvalue weighted by molar-refractivity contribution is -0.385. The second-order valence-corrected chi connectivity index (χ2v) is 11.2. The van der Waals surface area contributed by atoms with Crippen molar-refractivity contribution in [2.24, 2.45) is 0 Å². The Hall–Kier alpha value is -4.53. The van der Waals surface area contributed by atoms with Crippen molar-refractivity contribution in [2.75, 3.05) is 10.0 Å². The van der Waals surface area contributed by atoms with Gasteiger partial charge in [0.15, 0.2) is 0 Å². The fourth-order valence-corrected chi connectivity index (χ4v) is 5.50. The maximum atomic E-state index is 13.0. The molecule has 0 saturated heterocycles. The number of hydrogen-bond acceptors (Lipinski definition) is 8. The van der Waals surface area contributed by atoms with E-state index in [2.05, 4.69) is 14.8 Å². The molecule has 0 fully saturated rings. The average molecular weight is 557 g/mol. The first kappa shape index (κ1) is 26.5. The molecular weight excluding hydrogens is 536 g/mol. The standard InChI is InChI=1S/C24H20N4O8S2/c29-24(26-17-6-3-9-20(14-17)37(32,33)25-16-19-8-5-13-36-19)22-11-1-2-12-23(22)27-38(34,35)21-10-4-7-18(15-21)28(30)31/h1-15,25,27H,16H2,(H,26,29). The van der Waals surface area contributed by atoms with Gasteiger partial charge in [-0.05, 0) is 48.5 Å². The number of carbonyl (C=O) groups is 1. The molecule has 12 nitrogen and oxygen atoms in total. The minimum atomic E-state index is -4.28. The fourth-order valence-electron chi connectivity index (χ4n) is 3.34. The Bertz CT molecular complexity index is 1700. The van der Waals surface area contributed by atoms with Gasteiger partial charge in [0, 0.05) is 17.8 Å². The Balaban J connectivity index is 1.53. The molecule has 4 rings (SSSR count). The van der Waals surface area contributed by atoms with Crippen LogP contribution in [0.1, 0.15) is 16.1 Å². The van der Waals surface area contributed by atoms with Crippen LogP contribution >= 0.6 is 0 Å². The number of benzene rings is 3. The summed E-state index contributed by atoms with van der Waals surface area (Å²) in [5.74, 6) is -0.303. The molecule has 1 heterocycles. The summed E-state index contributed by atoms with van der Waals surface area (Å²) in [7, 11) is -8.21. The molecule has 14 heteroatoms. The summed E-state index contributed by atoms with van der Waals surface area (Å²) in [6.45, 7) is -0.0655. The molecule has 196 valence electrons. The monoisotopic (exact) mass is 556 g/mol. The molecule has 0 aliphatic heterocycles. The third-order valence-corrected chi connectivity index (χ3v) is 7.94. The summed E-state index contributed by atoms with van der Waals surface area (Å²) in [5, 5.41) is 13.6. The summed E-state index contributed by atoms with van der Waals surface area (Å²) >= 11 is 0. The van der Waals surface area contributed by atoms with Crippen LogP contribution in [0.3, 0.4) is 0 Å². The number of carbonyl (C=O) groups excluding carboxylic acids is 1. The summed E-state index contributed by atoms with van der Waals surface area (Å²) in [6, 6.07) is 18.9. The Morgan fingerprint density at radius 2 is 1.55 bits per heavy atom. The van der Waals surface area contributed by atoms with Crippen LogP contribution in [0.2, 0.25) is 0 Å². The number of rotatable bonds is 10. The van der Waals surface area contributed by atoms with Crippen molar-refractivity contribution in [1.82, 2.24) is 4.72 Å². The predicted octanol–water partition coefficient (Wildman–Crippen LogP) is 3.72. The lowest BCUT2D eigenvalue weighted by Gasteiger charge is -2.13. The predicted molar refractivity (Wildman–Crippen MR) is 137 cm³/mol. The molecule has 3 N–H and O–H groups in total. The van der Waals surface area contributed by atoms with Gasteiger partial charge in [-0.2, -0.15) is 0 Å². The lowest BCUT2D eigenvalue weighted by Crippen LogP contribution is -2.23. The van der Waals surface area contributed by atoms with Crippen molar-refractivity contribution >= 4 is 43.0 Å². The zero-order valence-electron chi connectivity index (χ0n) is 19.4. The van der Waals surface area contributed by atoms with Crippen LogP contribution in [0.25, 0.3) is 0 Å². The minimum absolute atomic E-state index is 0.0642. The second-order valence-electron chi connectivity index (χ2n) is 7.79. The molecular formula is C24H20N4O8S2. The van der Waals surface area contributed by atoms with Crippen LogP contribution in [0, 0.1) is 10.1 Å². The van der Waals surface area contributed by atoms with Crippen molar-refractivity contribution in [3.8, 4) is 0 Å². The highest BCUT2D eigenvalue weighted by molar-refractivity contribution is 7.92. The number of hydrogen-bond donors (Lipinski definition) is 3. The lowest BCUT2D eigenvalue weighted by atomic mass is 10.1. The normalized spacial score (nSPS) is 11.6. The Labute approximate surface area is 217 Å². The van der Waals surface area contributed by atoms with Gasteiger partial charge in [-0.3, -0.25) is 19.6 Å². The van der Waals surface area contributed by atoms with E-state index in [0.717, 1.165) is 12.1 Å². The molecule has 0 aliphatic rings. The maximum Gasteiger partial charge on any atom is 0.270 e. The summed E-state index contributed by atoms with van der Waals surface area (Å²) < 4.78 is 60.8. The van der Waals surface area contributed by atoms with Crippen LogP contribution in [0.4, 0.5) is 17.1 Å². The van der Waals surface area contributed by atoms with E-state index in [4.69, 9.17) is 4.42 Å². The quantitative estimate of drug-likeness (QED) is 0.195. The number of non-ortho nitro benzene ring substituents is 1. The van der Waals surface area contributed by atoms with Gasteiger partial charge in [0.05, 0.1) is 38.8 Å². The number of anilines is 2. The first-order chi connectivity index (χ1) is 18.0. The van der Waals surface area contributed by atoms with Crippen LogP contribution in [-0.4, -0.2) is 27.7 Å². The average Bonchev–Trinajstić information content (AvgIpc) is 3.42. The van der Waals surface area contributed by atoms with Gasteiger partial charge in [0.25, 0.3) is 21.6 Å². The molecule has 3 aromatic carbocycles. The SMILES string of the molecule is O=C(Nc1cccc(S(=O)(=O)NCc2ccco2)c1)c1ccccc1NS(=O)(=O)c1cccc([N+](=O)[O-])c1. The van der Waals surface area contributed by atoms with E-state index in [0.29, 0.717) is 5.76 Å². The maximum absolute atomic E-state index is 13.0. The van der Waals surface area contributed by atoms with Crippen molar-refractivity contribution in [3.05, 3.63) is 113 Å². The topological polar surface area (TPSA) is 178 Å². The van der Waals surface area contributed by atoms with E-state index >= 15 is 0 Å². The molecule has 0 atom stereocenters. The highest BCUT2D eigenvalue weighted by atomic mass is 32.2. The third kappa shape index (κ3) is 6.23. The summed E-state index contributed by atoms with van der Waals surface area (Å²) in [6.07, 6.45) is 1.42. The van der Waals surface area contributed by atoms with E-state index < -0.39 is 36.6 Å². The molecule has 0 unspecified atom stereocenters. The van der Waals surface area contributed by atoms with Crippen molar-refractivity contribution in [3.63, 3.8) is 0 Å². The third-order valence-electron chi connectivity index (χ3n) is 5.17. The first-order valence-electron chi connectivity index (χ1n) is 10.8. The number of para-hydroxylation sites is 1. The molecule has 0 radical (unpaired) electrons. The van der Waals surface area contributed by atoms with Crippen molar-refractivity contribution < 1.29 is 31.0 Å². The van der Waals surface area contributed by atoms with Gasteiger partial charge in [0.1, 0.15) is 5.76 Å². The minimum Gasteiger partial charge on any atom is -0.468 e. The van der Waals surface area contributed by atoms with Gasteiger partial charge in [-0.25, -0.2) is 21.6 Å². The largest absolute Gasteiger partial charge is 0.468 e. The van der Waals surface area contributed by atoms with Gasteiger partial charge in [-0.1, -0.05) is 24.3 Å². The summed E-state index contributed by atoms with van der Waals surface area (Å²) in [5.41, 5.74) is -0.411. The zero-order chi connectivity index (χ0) is 27.3. The van der Waals surface area contributed by atoms with Gasteiger partial charge >= 0.3 is 0 Å². The van der Waals surface area contributed by atoms with E-state index in [1.807, 2.05) is 0 Å². The molecule has 4 aromatic rings. The smallest absolute Gasteiger partial charge is 0.270 e. The van der Waals surface area contributed by atoms with Crippen LogP contribution in [-0.2, 0) is 26.6 Å². The Morgan fingerprint density at radius 1 is 0.842 bits per heavy atom. The van der Waals surface area contributed by atoms with Gasteiger partial charge < -0.3 is 9.73 Å². The molecule has 0 saturated carbocycles. The molecule has 38 heavy (non-hydrogen) atoms. The number of nitrogens with one attached hydrogen (secondary N) is 3. The van der Waals surface area contributed by atoms with Crippen LogP contribution in [0.5, 0.6) is 0 Å². The molecule has 0 spiro atoms. The van der Waals surface area contributed by atoms with E-state index in [9.17, 15) is 31.7 Å². The zero-order valence-corrected chi connectivity index (χ0v) is 21.0. The molecule has 1 amide bonds. The van der Waals surface area contributed by atoms with E-state index in [1.165, 1.54) is 66.9 Å². The molecule has 1 aromatic heterocycles. The summed E-state index contributed by atoms with van der Waals surface area (Å²) in [4.78, 5) is 22.9. The second kappa shape index (κ2) is 10.8. The van der Waals surface area contributed by atoms with Crippen LogP contribution in [0.15, 0.2) is 105 Å². The number of nitro benzene ring substituents is 1. The van der Waals surface area contributed by atoms with Gasteiger partial charge in [-0.15, -0.1) is 0 Å². The van der Waals surface area contributed by atoms with Gasteiger partial charge in [0.2, 0.25) is 10.0 Å². The van der Waals surface area contributed by atoms with Crippen molar-refractivity contribution in [2.45, 2.75) is 16.3 Å². The molecule has 0 aliphatic carbocycles. The highest BCUT2D eigenvalue weighted by Crippen LogP contribution is 2.24. The van der Waals surface area contributed by atoms with E-state index in [1.54, 1.807) is 12.1 Å². The first-order valence-corrected chi connectivity index (χ1v) is 13.8. The fraction of sp³-hybridized carbons (Fsp3) is 0.0417. The number of amides is 1. The molecule has 0 bridgehead atoms. The Morgan fingerprint density at radius 3 is 2.26 bits per heavy atom. The van der Waals surface area contributed by atoms with E-state index in [-0.39, 0.29) is 33.3 Å². The number of furan rings is 1. The highest BCUT2D eigenvalue weighted by Gasteiger charge is 2.21. The number of nitro groups is 1. The number of sulfonamides is 2. The Kier molecular flexibility index (Phi) is 7.57. The number of nitrogens with zero attached hydrogens (tertiary/aromatic N) is 1. The van der Waals surface area contributed by atoms with Crippen molar-refractivity contribution in [1.29, 1.82) is 0 Å². The van der Waals surface area contributed by atoms with Crippen LogP contribution < -0.4 is 14.8 Å².